The maximum atomic E-state index is 12.5. The van der Waals surface area contributed by atoms with E-state index >= 15 is 0 Å². The minimum absolute atomic E-state index is 0.0783. The summed E-state index contributed by atoms with van der Waals surface area (Å²) in [6, 6.07) is 11.4. The van der Waals surface area contributed by atoms with E-state index in [1.807, 2.05) is 0 Å². The minimum Gasteiger partial charge on any atom is -0.469 e. The van der Waals surface area contributed by atoms with Crippen LogP contribution in [0.1, 0.15) is 27.9 Å². The largest absolute Gasteiger partial charge is 0.469 e. The molecule has 150 valence electrons. The van der Waals surface area contributed by atoms with Crippen LogP contribution in [-0.4, -0.2) is 37.1 Å². The van der Waals surface area contributed by atoms with Gasteiger partial charge < -0.3 is 26.5 Å². The zero-order chi connectivity index (χ0) is 20.8. The lowest BCUT2D eigenvalue weighted by Gasteiger charge is -2.15. The molecule has 0 spiro atoms. The van der Waals surface area contributed by atoms with Crippen molar-refractivity contribution in [3.63, 3.8) is 0 Å². The molecule has 2 aromatic carbocycles. The molecule has 2 aromatic rings. The number of rotatable bonds is 5. The van der Waals surface area contributed by atoms with Crippen molar-refractivity contribution in [3.05, 3.63) is 59.2 Å². The number of nitrogens with two attached hydrogens (primary N) is 1. The second kappa shape index (κ2) is 8.87. The summed E-state index contributed by atoms with van der Waals surface area (Å²) in [5.41, 5.74) is 3.36. The van der Waals surface area contributed by atoms with Crippen LogP contribution in [0, 0.1) is 0 Å². The fraction of sp³-hybridized carbons (Fsp3) is 0.200. The molecule has 1 aliphatic rings. The van der Waals surface area contributed by atoms with Gasteiger partial charge in [0.15, 0.2) is 0 Å². The number of benzene rings is 2. The highest BCUT2D eigenvalue weighted by Gasteiger charge is 2.26. The number of hydrogen-bond donors (Lipinski definition) is 4. The molecule has 9 heteroatoms. The van der Waals surface area contributed by atoms with E-state index in [0.29, 0.717) is 16.9 Å². The molecule has 0 saturated carbocycles. The van der Waals surface area contributed by atoms with Gasteiger partial charge >= 0.3 is 5.97 Å². The highest BCUT2D eigenvalue weighted by atomic mass is 16.5. The molecule has 0 radical (unpaired) electrons. The van der Waals surface area contributed by atoms with Gasteiger partial charge in [-0.05, 0) is 41.5 Å². The van der Waals surface area contributed by atoms with Crippen LogP contribution in [0.2, 0.25) is 0 Å². The number of hydrazone groups is 1. The summed E-state index contributed by atoms with van der Waals surface area (Å²) in [5.74, 6) is 4.07. The molecule has 1 aliphatic heterocycles. The number of anilines is 2. The summed E-state index contributed by atoms with van der Waals surface area (Å²) in [4.78, 5) is 36.2. The second-order valence-electron chi connectivity index (χ2n) is 6.42. The Hall–Kier alpha value is -3.88. The maximum Gasteiger partial charge on any atom is 0.308 e. The topological polar surface area (TPSA) is 135 Å². The Balaban J connectivity index is 1.72. The molecule has 2 amide bonds. The number of hydrogen-bond acceptors (Lipinski definition) is 7. The molecule has 0 bridgehead atoms. The van der Waals surface area contributed by atoms with E-state index in [1.54, 1.807) is 42.5 Å². The van der Waals surface area contributed by atoms with E-state index in [4.69, 9.17) is 5.84 Å². The van der Waals surface area contributed by atoms with Crippen molar-refractivity contribution in [3.8, 4) is 0 Å². The van der Waals surface area contributed by atoms with Gasteiger partial charge in [0.05, 0.1) is 19.7 Å². The normalized spacial score (nSPS) is 15.6. The van der Waals surface area contributed by atoms with Crippen LogP contribution >= 0.6 is 0 Å². The van der Waals surface area contributed by atoms with Crippen molar-refractivity contribution >= 4 is 35.4 Å². The Morgan fingerprint density at radius 1 is 1.28 bits per heavy atom. The van der Waals surface area contributed by atoms with E-state index in [0.717, 1.165) is 11.1 Å². The fourth-order valence-corrected chi connectivity index (χ4v) is 2.92. The van der Waals surface area contributed by atoms with Crippen LogP contribution in [0.25, 0.3) is 0 Å². The summed E-state index contributed by atoms with van der Waals surface area (Å²) < 4.78 is 4.64. The summed E-state index contributed by atoms with van der Waals surface area (Å²) in [5, 5.41) is 12.1. The Bertz CT molecular complexity index is 956. The van der Waals surface area contributed by atoms with Crippen LogP contribution in [0.3, 0.4) is 0 Å². The number of nitrogens with one attached hydrogen (secondary N) is 3. The third kappa shape index (κ3) is 4.89. The van der Waals surface area contributed by atoms with Gasteiger partial charge in [0.1, 0.15) is 6.04 Å². The third-order valence-electron chi connectivity index (χ3n) is 4.46. The number of esters is 1. The van der Waals surface area contributed by atoms with Crippen molar-refractivity contribution in [1.82, 2.24) is 5.32 Å². The standard InChI is InChI=1S/C20H21N5O4/c1-29-18(26)9-17-20(28)22-11-14-8-15(6-7-16(14)25-17)24-19(27)13-4-2-12(3-5-13)10-23-21/h2-8,10,17,25H,9,11,21H2,1H3,(H,22,28)(H,24,27)/t17-/m0/s1. The predicted octanol–water partition coefficient (Wildman–Crippen LogP) is 1.20. The van der Waals surface area contributed by atoms with Gasteiger partial charge in [-0.3, -0.25) is 14.4 Å². The number of ether oxygens (including phenoxy) is 1. The van der Waals surface area contributed by atoms with Gasteiger partial charge in [-0.1, -0.05) is 12.1 Å². The van der Waals surface area contributed by atoms with Crippen LogP contribution in [-0.2, 0) is 20.9 Å². The highest BCUT2D eigenvalue weighted by molar-refractivity contribution is 6.04. The van der Waals surface area contributed by atoms with Crippen molar-refractivity contribution in [2.24, 2.45) is 10.9 Å². The number of fused-ring (bicyclic) bond motifs is 1. The highest BCUT2D eigenvalue weighted by Crippen LogP contribution is 2.24. The van der Waals surface area contributed by atoms with E-state index in [-0.39, 0.29) is 24.8 Å². The number of amides is 2. The minimum atomic E-state index is -0.722. The second-order valence-corrected chi connectivity index (χ2v) is 6.42. The van der Waals surface area contributed by atoms with Crippen LogP contribution in [0.4, 0.5) is 11.4 Å². The molecule has 3 rings (SSSR count). The summed E-state index contributed by atoms with van der Waals surface area (Å²) >= 11 is 0. The zero-order valence-electron chi connectivity index (χ0n) is 15.8. The molecule has 5 N–H and O–H groups in total. The first-order valence-electron chi connectivity index (χ1n) is 8.89. The molecule has 0 saturated heterocycles. The van der Waals surface area contributed by atoms with E-state index in [9.17, 15) is 14.4 Å². The third-order valence-corrected chi connectivity index (χ3v) is 4.46. The molecule has 0 unspecified atom stereocenters. The van der Waals surface area contributed by atoms with Gasteiger partial charge in [-0.15, -0.1) is 0 Å². The maximum absolute atomic E-state index is 12.5. The van der Waals surface area contributed by atoms with Gasteiger partial charge in [0.2, 0.25) is 5.91 Å². The Morgan fingerprint density at radius 3 is 2.72 bits per heavy atom. The van der Waals surface area contributed by atoms with E-state index < -0.39 is 12.0 Å². The SMILES string of the molecule is COC(=O)C[C@@H]1Nc2ccc(NC(=O)c3ccc(C=NN)cc3)cc2CNC1=O. The number of nitrogens with zero attached hydrogens (tertiary/aromatic N) is 1. The smallest absolute Gasteiger partial charge is 0.308 e. The van der Waals surface area contributed by atoms with Crippen LogP contribution in [0.5, 0.6) is 0 Å². The molecular formula is C20H21N5O4. The number of methoxy groups -OCH3 is 1. The first kappa shape index (κ1) is 19.9. The summed E-state index contributed by atoms with van der Waals surface area (Å²) in [6.45, 7) is 0.273. The Kier molecular flexibility index (Phi) is 6.08. The van der Waals surface area contributed by atoms with Crippen LogP contribution < -0.4 is 21.8 Å². The molecule has 0 aliphatic carbocycles. The molecule has 0 fully saturated rings. The molecular weight excluding hydrogens is 374 g/mol. The average molecular weight is 395 g/mol. The average Bonchev–Trinajstić information content (AvgIpc) is 2.87. The van der Waals surface area contributed by atoms with Crippen molar-refractivity contribution in [2.75, 3.05) is 17.7 Å². The lowest BCUT2D eigenvalue weighted by atomic mass is 10.1. The predicted molar refractivity (Wildman–Crippen MR) is 109 cm³/mol. The van der Waals surface area contributed by atoms with E-state index in [1.165, 1.54) is 13.3 Å². The zero-order valence-corrected chi connectivity index (χ0v) is 15.8. The first-order chi connectivity index (χ1) is 14.0. The van der Waals surface area contributed by atoms with Crippen LogP contribution in [0.15, 0.2) is 47.6 Å². The number of carbonyl (C=O) groups is 3. The summed E-state index contributed by atoms with van der Waals surface area (Å²) in [7, 11) is 1.28. The molecule has 1 heterocycles. The number of carbonyl (C=O) groups excluding carboxylic acids is 3. The Labute approximate surface area is 167 Å². The molecule has 0 aromatic heterocycles. The monoisotopic (exact) mass is 395 g/mol. The first-order valence-corrected chi connectivity index (χ1v) is 8.89. The molecule has 9 nitrogen and oxygen atoms in total. The van der Waals surface area contributed by atoms with Gasteiger partial charge in [-0.2, -0.15) is 5.10 Å². The quantitative estimate of drug-likeness (QED) is 0.260. The Morgan fingerprint density at radius 2 is 2.03 bits per heavy atom. The van der Waals surface area contributed by atoms with Gasteiger partial charge in [0, 0.05) is 23.5 Å². The molecule has 1 atom stereocenters. The fourth-order valence-electron chi connectivity index (χ4n) is 2.92. The van der Waals surface area contributed by atoms with Crippen molar-refractivity contribution < 1.29 is 19.1 Å². The lowest BCUT2D eigenvalue weighted by Crippen LogP contribution is -2.38. The van der Waals surface area contributed by atoms with E-state index in [2.05, 4.69) is 25.8 Å². The van der Waals surface area contributed by atoms with Crippen molar-refractivity contribution in [1.29, 1.82) is 0 Å². The lowest BCUT2D eigenvalue weighted by molar-refractivity contribution is -0.142. The summed E-state index contributed by atoms with van der Waals surface area (Å²) in [6.07, 6.45) is 1.41. The van der Waals surface area contributed by atoms with Gasteiger partial charge in [-0.25, -0.2) is 0 Å². The van der Waals surface area contributed by atoms with Gasteiger partial charge in [0.25, 0.3) is 5.91 Å². The molecule has 29 heavy (non-hydrogen) atoms. The van der Waals surface area contributed by atoms with Crippen molar-refractivity contribution in [2.45, 2.75) is 19.0 Å².